The molecule has 0 bridgehead atoms. The van der Waals surface area contributed by atoms with Gasteiger partial charge in [-0.15, -0.1) is 0 Å². The summed E-state index contributed by atoms with van der Waals surface area (Å²) in [5, 5.41) is 4.55. The first-order valence-corrected chi connectivity index (χ1v) is 7.13. The Morgan fingerprint density at radius 1 is 1.11 bits per heavy atom. The van der Waals surface area contributed by atoms with E-state index in [0.717, 1.165) is 16.5 Å². The van der Waals surface area contributed by atoms with Crippen molar-refractivity contribution in [3.8, 4) is 0 Å². The number of rotatable bonds is 4. The lowest BCUT2D eigenvalue weighted by Crippen LogP contribution is -2.35. The van der Waals surface area contributed by atoms with Crippen molar-refractivity contribution in [2.24, 2.45) is 0 Å². The van der Waals surface area contributed by atoms with Gasteiger partial charge in [0.1, 0.15) is 5.03 Å². The molecule has 0 aromatic carbocycles. The summed E-state index contributed by atoms with van der Waals surface area (Å²) in [6.45, 7) is 7.32. The van der Waals surface area contributed by atoms with Crippen LogP contribution in [0, 0.1) is 0 Å². The van der Waals surface area contributed by atoms with Crippen molar-refractivity contribution in [3.63, 3.8) is 0 Å². The minimum Gasteiger partial charge on any atom is -0.308 e. The summed E-state index contributed by atoms with van der Waals surface area (Å²) in [5.74, 6) is 0. The molecular weight excluding hydrogens is 254 g/mol. The Morgan fingerprint density at radius 2 is 1.84 bits per heavy atom. The number of hydrogen-bond acceptors (Lipinski definition) is 4. The number of nitrogens with zero attached hydrogens (tertiary/aromatic N) is 2. The molecule has 0 saturated carbocycles. The van der Waals surface area contributed by atoms with E-state index in [2.05, 4.69) is 42.1 Å². The molecule has 0 fully saturated rings. The van der Waals surface area contributed by atoms with Crippen molar-refractivity contribution in [2.75, 3.05) is 0 Å². The van der Waals surface area contributed by atoms with Crippen molar-refractivity contribution in [1.29, 1.82) is 0 Å². The molecule has 0 unspecified atom stereocenters. The molecule has 2 rings (SSSR count). The van der Waals surface area contributed by atoms with Gasteiger partial charge in [0.2, 0.25) is 0 Å². The fraction of sp³-hybridized carbons (Fsp3) is 0.333. The lowest BCUT2D eigenvalue weighted by Gasteiger charge is -2.21. The van der Waals surface area contributed by atoms with Crippen LogP contribution in [-0.4, -0.2) is 15.5 Å². The highest BCUT2D eigenvalue weighted by Crippen LogP contribution is 2.28. The van der Waals surface area contributed by atoms with Crippen LogP contribution < -0.4 is 5.32 Å². The first-order valence-electron chi connectivity index (χ1n) is 6.31. The molecule has 4 heteroatoms. The van der Waals surface area contributed by atoms with Gasteiger partial charge < -0.3 is 5.32 Å². The van der Waals surface area contributed by atoms with E-state index in [4.69, 9.17) is 0 Å². The van der Waals surface area contributed by atoms with Crippen molar-refractivity contribution in [3.05, 3.63) is 48.4 Å². The van der Waals surface area contributed by atoms with Gasteiger partial charge in [-0.05, 0) is 44.5 Å². The Bertz CT molecular complexity index is 520. The zero-order valence-corrected chi connectivity index (χ0v) is 12.4. The quantitative estimate of drug-likeness (QED) is 0.925. The van der Waals surface area contributed by atoms with Crippen LogP contribution in [0.4, 0.5) is 0 Å². The molecular formula is C15H19N3S. The Balaban J connectivity index is 2.12. The minimum absolute atomic E-state index is 0.106. The second kappa shape index (κ2) is 6.17. The average Bonchev–Trinajstić information content (AvgIpc) is 2.38. The Morgan fingerprint density at radius 3 is 2.53 bits per heavy atom. The minimum atomic E-state index is 0.106. The highest BCUT2D eigenvalue weighted by Gasteiger charge is 2.11. The number of hydrogen-bond donors (Lipinski definition) is 1. The lowest BCUT2D eigenvalue weighted by atomic mass is 10.1. The molecule has 0 atom stereocenters. The SMILES string of the molecule is CC(C)(C)NCc1cccnc1Sc1ccncc1. The van der Waals surface area contributed by atoms with Gasteiger partial charge in [-0.2, -0.15) is 0 Å². The Hall–Kier alpha value is -1.39. The van der Waals surface area contributed by atoms with Crippen molar-refractivity contribution in [2.45, 2.75) is 42.8 Å². The molecule has 0 saturated heterocycles. The summed E-state index contributed by atoms with van der Waals surface area (Å²) in [7, 11) is 0. The highest BCUT2D eigenvalue weighted by atomic mass is 32.2. The third-order valence-corrected chi connectivity index (χ3v) is 3.59. The maximum Gasteiger partial charge on any atom is 0.105 e. The maximum atomic E-state index is 4.48. The molecule has 0 aliphatic heterocycles. The van der Waals surface area contributed by atoms with Gasteiger partial charge in [-0.3, -0.25) is 4.98 Å². The smallest absolute Gasteiger partial charge is 0.105 e. The predicted molar refractivity (Wildman–Crippen MR) is 79.2 cm³/mol. The van der Waals surface area contributed by atoms with Gasteiger partial charge in [0.05, 0.1) is 0 Å². The Kier molecular flexibility index (Phi) is 4.56. The lowest BCUT2D eigenvalue weighted by molar-refractivity contribution is 0.422. The van der Waals surface area contributed by atoms with Gasteiger partial charge in [0.15, 0.2) is 0 Å². The van der Waals surface area contributed by atoms with E-state index >= 15 is 0 Å². The number of aromatic nitrogens is 2. The van der Waals surface area contributed by atoms with Gasteiger partial charge in [0.25, 0.3) is 0 Å². The Labute approximate surface area is 118 Å². The number of nitrogens with one attached hydrogen (secondary N) is 1. The van der Waals surface area contributed by atoms with Crippen LogP contribution in [-0.2, 0) is 6.54 Å². The van der Waals surface area contributed by atoms with E-state index in [1.807, 2.05) is 24.4 Å². The van der Waals surface area contributed by atoms with E-state index in [-0.39, 0.29) is 5.54 Å². The molecule has 0 aliphatic rings. The van der Waals surface area contributed by atoms with Crippen molar-refractivity contribution in [1.82, 2.24) is 15.3 Å². The summed E-state index contributed by atoms with van der Waals surface area (Å²) in [6, 6.07) is 8.10. The molecule has 0 amide bonds. The topological polar surface area (TPSA) is 37.8 Å². The van der Waals surface area contributed by atoms with E-state index in [0.29, 0.717) is 0 Å². The van der Waals surface area contributed by atoms with Crippen LogP contribution in [0.3, 0.4) is 0 Å². The fourth-order valence-electron chi connectivity index (χ4n) is 1.53. The van der Waals surface area contributed by atoms with Crippen LogP contribution in [0.15, 0.2) is 52.8 Å². The third-order valence-electron chi connectivity index (χ3n) is 2.52. The average molecular weight is 273 g/mol. The summed E-state index contributed by atoms with van der Waals surface area (Å²) in [6.07, 6.45) is 5.45. The molecule has 0 radical (unpaired) electrons. The van der Waals surface area contributed by atoms with Crippen LogP contribution in [0.25, 0.3) is 0 Å². The second-order valence-corrected chi connectivity index (χ2v) is 6.42. The van der Waals surface area contributed by atoms with Gasteiger partial charge in [-0.25, -0.2) is 4.98 Å². The largest absolute Gasteiger partial charge is 0.308 e. The van der Waals surface area contributed by atoms with Gasteiger partial charge in [0, 0.05) is 35.6 Å². The van der Waals surface area contributed by atoms with Crippen LogP contribution in [0.5, 0.6) is 0 Å². The van der Waals surface area contributed by atoms with E-state index in [9.17, 15) is 0 Å². The molecule has 2 aromatic rings. The summed E-state index contributed by atoms with van der Waals surface area (Å²) in [4.78, 5) is 9.67. The fourth-order valence-corrected chi connectivity index (χ4v) is 2.39. The summed E-state index contributed by atoms with van der Waals surface area (Å²) >= 11 is 1.67. The van der Waals surface area contributed by atoms with E-state index in [1.54, 1.807) is 24.2 Å². The zero-order valence-electron chi connectivity index (χ0n) is 11.6. The zero-order chi connectivity index (χ0) is 13.7. The van der Waals surface area contributed by atoms with E-state index in [1.165, 1.54) is 5.56 Å². The molecule has 100 valence electrons. The first-order chi connectivity index (χ1) is 9.04. The predicted octanol–water partition coefficient (Wildman–Crippen LogP) is 3.52. The number of pyridine rings is 2. The molecule has 2 aromatic heterocycles. The molecule has 0 spiro atoms. The van der Waals surface area contributed by atoms with Crippen LogP contribution in [0.2, 0.25) is 0 Å². The molecule has 2 heterocycles. The third kappa shape index (κ3) is 4.65. The summed E-state index contributed by atoms with van der Waals surface area (Å²) in [5.41, 5.74) is 1.33. The van der Waals surface area contributed by atoms with E-state index < -0.39 is 0 Å². The van der Waals surface area contributed by atoms with Gasteiger partial charge in [-0.1, -0.05) is 17.8 Å². The molecule has 1 N–H and O–H groups in total. The monoisotopic (exact) mass is 273 g/mol. The van der Waals surface area contributed by atoms with Crippen molar-refractivity contribution >= 4 is 11.8 Å². The second-order valence-electron chi connectivity index (χ2n) is 5.36. The van der Waals surface area contributed by atoms with Crippen LogP contribution in [0.1, 0.15) is 26.3 Å². The standard InChI is InChI=1S/C15H19N3S/c1-15(2,3)18-11-12-5-4-8-17-14(12)19-13-6-9-16-10-7-13/h4-10,18H,11H2,1-3H3. The van der Waals surface area contributed by atoms with Gasteiger partial charge >= 0.3 is 0 Å². The first kappa shape index (κ1) is 14.0. The van der Waals surface area contributed by atoms with Crippen molar-refractivity contribution < 1.29 is 0 Å². The maximum absolute atomic E-state index is 4.48. The summed E-state index contributed by atoms with van der Waals surface area (Å²) < 4.78 is 0. The molecule has 3 nitrogen and oxygen atoms in total. The normalized spacial score (nSPS) is 11.5. The van der Waals surface area contributed by atoms with Crippen LogP contribution >= 0.6 is 11.8 Å². The highest BCUT2D eigenvalue weighted by molar-refractivity contribution is 7.99. The molecule has 0 aliphatic carbocycles. The molecule has 19 heavy (non-hydrogen) atoms.